The number of anilines is 2. The summed E-state index contributed by atoms with van der Waals surface area (Å²) in [6, 6.07) is 3.71. The average Bonchev–Trinajstić information content (AvgIpc) is 2.92. The minimum Gasteiger partial charge on any atom is -0.465 e. The Balaban J connectivity index is 1.83. The highest BCUT2D eigenvalue weighted by molar-refractivity contribution is 9.10. The molecule has 8 heteroatoms. The molecule has 0 radical (unpaired) electrons. The third-order valence-electron chi connectivity index (χ3n) is 4.26. The third-order valence-corrected chi connectivity index (χ3v) is 6.14. The molecule has 1 aliphatic carbocycles. The number of esters is 1. The molecule has 0 aliphatic heterocycles. The Hall–Kier alpha value is -1.51. The lowest BCUT2D eigenvalue weighted by Gasteiger charge is -2.12. The van der Waals surface area contributed by atoms with E-state index in [1.807, 2.05) is 12.1 Å². The molecule has 26 heavy (non-hydrogen) atoms. The van der Waals surface area contributed by atoms with Gasteiger partial charge in [0.15, 0.2) is 5.11 Å². The molecule has 0 aromatic carbocycles. The number of hydrogen-bond acceptors (Lipinski definition) is 5. The number of thiocarbonyl (C=S) groups is 1. The van der Waals surface area contributed by atoms with Crippen LogP contribution in [0.2, 0.25) is 0 Å². The van der Waals surface area contributed by atoms with Gasteiger partial charge in [-0.3, -0.25) is 0 Å². The Bertz CT molecular complexity index is 806. The summed E-state index contributed by atoms with van der Waals surface area (Å²) < 4.78 is 5.93. The number of nitrogens with one attached hydrogen (secondary N) is 2. The molecule has 2 N–H and O–H groups in total. The lowest BCUT2D eigenvalue weighted by molar-refractivity contribution is 0.0601. The van der Waals surface area contributed by atoms with Gasteiger partial charge in [0.25, 0.3) is 0 Å². The van der Waals surface area contributed by atoms with E-state index in [1.54, 1.807) is 17.5 Å². The monoisotopic (exact) mass is 453 g/mol. The van der Waals surface area contributed by atoms with E-state index in [1.165, 1.54) is 24.8 Å². The van der Waals surface area contributed by atoms with E-state index >= 15 is 0 Å². The predicted molar refractivity (Wildman–Crippen MR) is 113 cm³/mol. The van der Waals surface area contributed by atoms with Gasteiger partial charge in [-0.1, -0.05) is 12.8 Å². The number of rotatable bonds is 3. The van der Waals surface area contributed by atoms with Gasteiger partial charge in [-0.25, -0.2) is 9.78 Å². The van der Waals surface area contributed by atoms with Crippen molar-refractivity contribution in [3.05, 3.63) is 38.8 Å². The highest BCUT2D eigenvalue weighted by atomic mass is 79.9. The van der Waals surface area contributed by atoms with Crippen LogP contribution in [0.25, 0.3) is 0 Å². The maximum absolute atomic E-state index is 12.4. The van der Waals surface area contributed by atoms with Crippen molar-refractivity contribution in [3.8, 4) is 0 Å². The number of halogens is 1. The molecule has 0 fully saturated rings. The van der Waals surface area contributed by atoms with Gasteiger partial charge in [0.2, 0.25) is 0 Å². The fourth-order valence-electron chi connectivity index (χ4n) is 3.03. The highest BCUT2D eigenvalue weighted by Crippen LogP contribution is 2.37. The number of thiophene rings is 1. The molecule has 2 aromatic rings. The number of pyridine rings is 1. The first-order valence-corrected chi connectivity index (χ1v) is 10.5. The van der Waals surface area contributed by atoms with Gasteiger partial charge in [0, 0.05) is 15.5 Å². The Morgan fingerprint density at radius 3 is 2.69 bits per heavy atom. The van der Waals surface area contributed by atoms with Gasteiger partial charge < -0.3 is 15.4 Å². The number of nitrogens with zero attached hydrogens (tertiary/aromatic N) is 1. The van der Waals surface area contributed by atoms with Crippen LogP contribution < -0.4 is 10.6 Å². The first-order valence-electron chi connectivity index (χ1n) is 8.51. The van der Waals surface area contributed by atoms with Crippen molar-refractivity contribution < 1.29 is 9.53 Å². The predicted octanol–water partition coefficient (Wildman–Crippen LogP) is 5.16. The number of hydrogen-bond donors (Lipinski definition) is 2. The van der Waals surface area contributed by atoms with Crippen LogP contribution in [0.4, 0.5) is 10.8 Å². The van der Waals surface area contributed by atoms with Crippen LogP contribution in [0, 0.1) is 0 Å². The summed E-state index contributed by atoms with van der Waals surface area (Å²) in [6.07, 6.45) is 8.29. The van der Waals surface area contributed by atoms with Crippen molar-refractivity contribution in [1.29, 1.82) is 0 Å². The molecule has 0 unspecified atom stereocenters. The lowest BCUT2D eigenvalue weighted by atomic mass is 9.96. The normalized spacial score (nSPS) is 13.9. The standard InChI is InChI=1S/C18H20BrN3O2S2/c1-24-17(23)15-12-6-4-2-3-5-7-13(12)26-16(15)22-18(25)21-14-9-8-11(19)10-20-14/h8-10H,2-7H2,1H3,(H2,20,21,22,25). The zero-order chi connectivity index (χ0) is 18.5. The molecule has 2 heterocycles. The smallest absolute Gasteiger partial charge is 0.341 e. The van der Waals surface area contributed by atoms with E-state index in [9.17, 15) is 4.79 Å². The number of ether oxygens (including phenoxy) is 1. The SMILES string of the molecule is COC(=O)c1c(NC(=S)Nc2ccc(Br)cn2)sc2c1CCCCCC2. The maximum Gasteiger partial charge on any atom is 0.341 e. The lowest BCUT2D eigenvalue weighted by Crippen LogP contribution is -2.20. The van der Waals surface area contributed by atoms with E-state index < -0.39 is 0 Å². The number of aromatic nitrogens is 1. The third kappa shape index (κ3) is 4.61. The molecule has 3 rings (SSSR count). The molecule has 0 spiro atoms. The minimum atomic E-state index is -0.310. The van der Waals surface area contributed by atoms with Gasteiger partial charge in [-0.15, -0.1) is 11.3 Å². The van der Waals surface area contributed by atoms with Gasteiger partial charge in [0.05, 0.1) is 12.7 Å². The van der Waals surface area contributed by atoms with Crippen molar-refractivity contribution in [2.24, 2.45) is 0 Å². The molecule has 0 bridgehead atoms. The number of methoxy groups -OCH3 is 1. The number of fused-ring (bicyclic) bond motifs is 1. The fraction of sp³-hybridized carbons (Fsp3) is 0.389. The van der Waals surface area contributed by atoms with Crippen LogP contribution in [0.3, 0.4) is 0 Å². The van der Waals surface area contributed by atoms with Crippen LogP contribution in [-0.4, -0.2) is 23.2 Å². The molecule has 138 valence electrons. The summed E-state index contributed by atoms with van der Waals surface area (Å²) in [5.74, 6) is 0.329. The molecule has 0 amide bonds. The Morgan fingerprint density at radius 2 is 2.00 bits per heavy atom. The minimum absolute atomic E-state index is 0.310. The van der Waals surface area contributed by atoms with E-state index in [4.69, 9.17) is 17.0 Å². The second-order valence-electron chi connectivity index (χ2n) is 6.05. The van der Waals surface area contributed by atoms with Crippen LogP contribution >= 0.6 is 39.5 Å². The van der Waals surface area contributed by atoms with Crippen molar-refractivity contribution >= 4 is 61.4 Å². The molecule has 0 saturated carbocycles. The van der Waals surface area contributed by atoms with Crippen molar-refractivity contribution in [2.75, 3.05) is 17.7 Å². The molecule has 5 nitrogen and oxygen atoms in total. The number of carbonyl (C=O) groups is 1. The summed E-state index contributed by atoms with van der Waals surface area (Å²) >= 11 is 10.4. The second-order valence-corrected chi connectivity index (χ2v) is 8.48. The summed E-state index contributed by atoms with van der Waals surface area (Å²) in [5.41, 5.74) is 1.75. The van der Waals surface area contributed by atoms with Crippen LogP contribution in [0.1, 0.15) is 46.5 Å². The van der Waals surface area contributed by atoms with E-state index in [-0.39, 0.29) is 5.97 Å². The second kappa shape index (κ2) is 8.92. The first kappa shape index (κ1) is 19.3. The fourth-order valence-corrected chi connectivity index (χ4v) is 4.81. The van der Waals surface area contributed by atoms with Gasteiger partial charge in [-0.05, 0) is 71.5 Å². The number of aryl methyl sites for hydroxylation is 1. The van der Waals surface area contributed by atoms with Gasteiger partial charge in [0.1, 0.15) is 10.8 Å². The summed E-state index contributed by atoms with van der Waals surface area (Å²) in [6.45, 7) is 0. The Kier molecular flexibility index (Phi) is 6.61. The zero-order valence-electron chi connectivity index (χ0n) is 14.4. The summed E-state index contributed by atoms with van der Waals surface area (Å²) in [5, 5.41) is 7.37. The Morgan fingerprint density at radius 1 is 1.23 bits per heavy atom. The molecule has 2 aromatic heterocycles. The average molecular weight is 454 g/mol. The topological polar surface area (TPSA) is 63.2 Å². The summed E-state index contributed by atoms with van der Waals surface area (Å²) in [4.78, 5) is 17.9. The van der Waals surface area contributed by atoms with E-state index in [2.05, 4.69) is 31.5 Å². The largest absolute Gasteiger partial charge is 0.465 e. The van der Waals surface area contributed by atoms with E-state index in [0.29, 0.717) is 16.5 Å². The quantitative estimate of drug-likeness (QED) is 0.494. The zero-order valence-corrected chi connectivity index (χ0v) is 17.7. The van der Waals surface area contributed by atoms with Crippen LogP contribution in [-0.2, 0) is 17.6 Å². The Labute approximate surface area is 170 Å². The van der Waals surface area contributed by atoms with Crippen LogP contribution in [0.5, 0.6) is 0 Å². The molecular formula is C18H20BrN3O2S2. The number of carbonyl (C=O) groups excluding carboxylic acids is 1. The maximum atomic E-state index is 12.4. The van der Waals surface area contributed by atoms with Crippen LogP contribution in [0.15, 0.2) is 22.8 Å². The molecular weight excluding hydrogens is 434 g/mol. The molecule has 1 aliphatic rings. The molecule has 0 saturated heterocycles. The van der Waals surface area contributed by atoms with Crippen molar-refractivity contribution in [2.45, 2.75) is 38.5 Å². The molecule has 0 atom stereocenters. The first-order chi connectivity index (χ1) is 12.6. The summed E-state index contributed by atoms with van der Waals surface area (Å²) in [7, 11) is 1.42. The van der Waals surface area contributed by atoms with Crippen molar-refractivity contribution in [3.63, 3.8) is 0 Å². The van der Waals surface area contributed by atoms with E-state index in [0.717, 1.165) is 40.7 Å². The highest BCUT2D eigenvalue weighted by Gasteiger charge is 2.25. The van der Waals surface area contributed by atoms with Gasteiger partial charge >= 0.3 is 5.97 Å². The van der Waals surface area contributed by atoms with Crippen molar-refractivity contribution in [1.82, 2.24) is 4.98 Å². The van der Waals surface area contributed by atoms with Gasteiger partial charge in [-0.2, -0.15) is 0 Å².